The van der Waals surface area contributed by atoms with Gasteiger partial charge < -0.3 is 20.9 Å². The van der Waals surface area contributed by atoms with Crippen LogP contribution in [-0.2, 0) is 4.79 Å². The number of rotatable bonds is 5. The van der Waals surface area contributed by atoms with E-state index in [2.05, 4.69) is 20.9 Å². The highest BCUT2D eigenvalue weighted by Gasteiger charge is 2.25. The summed E-state index contributed by atoms with van der Waals surface area (Å²) >= 11 is 0. The van der Waals surface area contributed by atoms with E-state index >= 15 is 0 Å². The first-order valence-electron chi connectivity index (χ1n) is 9.16. The highest BCUT2D eigenvalue weighted by atomic mass is 127. The minimum atomic E-state index is -0.576. The lowest BCUT2D eigenvalue weighted by atomic mass is 9.96. The van der Waals surface area contributed by atoms with E-state index in [4.69, 9.17) is 0 Å². The highest BCUT2D eigenvalue weighted by molar-refractivity contribution is 14.0. The van der Waals surface area contributed by atoms with Crippen molar-refractivity contribution in [2.75, 3.05) is 38.1 Å². The minimum Gasteiger partial charge on any atom is -0.367 e. The molecule has 1 atom stereocenters. The molecule has 6 nitrogen and oxygen atoms in total. The normalized spacial score (nSPS) is 17.1. The zero-order valence-corrected chi connectivity index (χ0v) is 19.1. The van der Waals surface area contributed by atoms with Gasteiger partial charge in [-0.25, -0.2) is 8.78 Å². The molecular weight excluding hydrogens is 479 g/mol. The monoisotopic (exact) mass is 509 g/mol. The van der Waals surface area contributed by atoms with Gasteiger partial charge in [-0.2, -0.15) is 0 Å². The molecule has 1 amide bonds. The molecule has 0 bridgehead atoms. The Morgan fingerprint density at radius 3 is 2.54 bits per heavy atom. The summed E-state index contributed by atoms with van der Waals surface area (Å²) in [5.41, 5.74) is -0.00315. The first kappa shape index (κ1) is 24.4. The van der Waals surface area contributed by atoms with Gasteiger partial charge in [0, 0.05) is 50.7 Å². The van der Waals surface area contributed by atoms with Gasteiger partial charge in [0.25, 0.3) is 0 Å². The number of carbonyl (C=O) groups excluding carboxylic acids is 1. The Balaban J connectivity index is 0.00000392. The molecule has 1 fully saturated rings. The van der Waals surface area contributed by atoms with Gasteiger partial charge in [-0.05, 0) is 18.6 Å². The maximum atomic E-state index is 13.9. The van der Waals surface area contributed by atoms with Gasteiger partial charge in [-0.1, -0.05) is 20.8 Å². The Labute approximate surface area is 182 Å². The van der Waals surface area contributed by atoms with Crippen LogP contribution < -0.4 is 20.9 Å². The van der Waals surface area contributed by atoms with Crippen molar-refractivity contribution in [3.8, 4) is 0 Å². The summed E-state index contributed by atoms with van der Waals surface area (Å²) in [5, 5.41) is 9.33. The molecule has 28 heavy (non-hydrogen) atoms. The van der Waals surface area contributed by atoms with Gasteiger partial charge in [0.2, 0.25) is 5.91 Å². The summed E-state index contributed by atoms with van der Waals surface area (Å²) in [6.45, 7) is 7.92. The molecule has 3 N–H and O–H groups in total. The highest BCUT2D eigenvalue weighted by Crippen LogP contribution is 2.24. The quantitative estimate of drug-likeness (QED) is 0.247. The maximum absolute atomic E-state index is 13.9. The summed E-state index contributed by atoms with van der Waals surface area (Å²) in [7, 11) is 1.68. The summed E-state index contributed by atoms with van der Waals surface area (Å²) in [5.74, 6) is -0.493. The van der Waals surface area contributed by atoms with Crippen LogP contribution in [0, 0.1) is 17.0 Å². The third kappa shape index (κ3) is 7.06. The number of hydrogen-bond donors (Lipinski definition) is 3. The zero-order chi connectivity index (χ0) is 20.0. The van der Waals surface area contributed by atoms with Gasteiger partial charge in [0.15, 0.2) is 5.96 Å². The molecule has 158 valence electrons. The van der Waals surface area contributed by atoms with Crippen LogP contribution in [-0.4, -0.2) is 51.1 Å². The van der Waals surface area contributed by atoms with E-state index in [1.54, 1.807) is 7.05 Å². The molecule has 1 aromatic rings. The fourth-order valence-electron chi connectivity index (χ4n) is 2.84. The molecule has 0 saturated carbocycles. The van der Waals surface area contributed by atoms with Crippen molar-refractivity contribution in [1.29, 1.82) is 0 Å². The molecule has 1 aliphatic heterocycles. The molecule has 1 saturated heterocycles. The lowest BCUT2D eigenvalue weighted by Crippen LogP contribution is -2.47. The Morgan fingerprint density at radius 2 is 1.93 bits per heavy atom. The van der Waals surface area contributed by atoms with Crippen LogP contribution in [0.3, 0.4) is 0 Å². The number of nitrogens with one attached hydrogen (secondary N) is 3. The van der Waals surface area contributed by atoms with E-state index in [0.29, 0.717) is 37.8 Å². The lowest BCUT2D eigenvalue weighted by Gasteiger charge is -2.21. The number of amides is 1. The van der Waals surface area contributed by atoms with Crippen LogP contribution in [0.5, 0.6) is 0 Å². The van der Waals surface area contributed by atoms with Crippen molar-refractivity contribution >= 4 is 41.5 Å². The molecule has 0 aromatic heterocycles. The topological polar surface area (TPSA) is 68.8 Å². The van der Waals surface area contributed by atoms with Crippen molar-refractivity contribution in [3.05, 3.63) is 29.8 Å². The van der Waals surface area contributed by atoms with Crippen molar-refractivity contribution in [2.45, 2.75) is 33.2 Å². The number of hydrogen-bond acceptors (Lipinski definition) is 3. The van der Waals surface area contributed by atoms with E-state index in [1.165, 1.54) is 12.1 Å². The number of anilines is 1. The van der Waals surface area contributed by atoms with Crippen LogP contribution in [0.15, 0.2) is 23.2 Å². The molecule has 1 unspecified atom stereocenters. The predicted octanol–water partition coefficient (Wildman–Crippen LogP) is 2.49. The molecule has 0 radical (unpaired) electrons. The fraction of sp³-hybridized carbons (Fsp3) is 0.579. The van der Waals surface area contributed by atoms with E-state index in [1.807, 2.05) is 25.7 Å². The number of aliphatic imine (C=N–C) groups is 1. The van der Waals surface area contributed by atoms with Crippen molar-refractivity contribution in [3.63, 3.8) is 0 Å². The largest absolute Gasteiger partial charge is 0.367 e. The number of benzene rings is 1. The Bertz CT molecular complexity index is 693. The maximum Gasteiger partial charge on any atom is 0.225 e. The van der Waals surface area contributed by atoms with Gasteiger partial charge in [0.1, 0.15) is 11.6 Å². The summed E-state index contributed by atoms with van der Waals surface area (Å²) in [6.07, 6.45) is 0.818. The molecule has 1 aliphatic rings. The second-order valence-corrected chi connectivity index (χ2v) is 7.68. The third-order valence-electron chi connectivity index (χ3n) is 4.39. The standard InChI is InChI=1S/C19H29F2N5O.HI/c1-19(2,3)17(27)23-8-9-24-18(22-4)25-14-7-10-26(12-14)16-6-5-13(20)11-15(16)21;/h5-6,11,14H,7-10,12H2,1-4H3,(H,23,27)(H2,22,24,25);1H. The van der Waals surface area contributed by atoms with Gasteiger partial charge in [0.05, 0.1) is 5.69 Å². The minimum absolute atomic E-state index is 0. The Morgan fingerprint density at radius 1 is 1.25 bits per heavy atom. The van der Waals surface area contributed by atoms with Crippen molar-refractivity contribution < 1.29 is 13.6 Å². The zero-order valence-electron chi connectivity index (χ0n) is 16.8. The van der Waals surface area contributed by atoms with Crippen LogP contribution >= 0.6 is 24.0 Å². The predicted molar refractivity (Wildman–Crippen MR) is 119 cm³/mol. The van der Waals surface area contributed by atoms with Crippen LogP contribution in [0.25, 0.3) is 0 Å². The van der Waals surface area contributed by atoms with E-state index in [9.17, 15) is 13.6 Å². The number of nitrogens with zero attached hydrogens (tertiary/aromatic N) is 2. The van der Waals surface area contributed by atoms with Gasteiger partial charge in [-0.3, -0.25) is 9.79 Å². The van der Waals surface area contributed by atoms with Crippen molar-refractivity contribution in [2.24, 2.45) is 10.4 Å². The summed E-state index contributed by atoms with van der Waals surface area (Å²) in [4.78, 5) is 17.9. The molecule has 0 spiro atoms. The Hall–Kier alpha value is -1.65. The van der Waals surface area contributed by atoms with E-state index < -0.39 is 17.0 Å². The first-order chi connectivity index (χ1) is 12.7. The van der Waals surface area contributed by atoms with Crippen LogP contribution in [0.1, 0.15) is 27.2 Å². The van der Waals surface area contributed by atoms with Crippen molar-refractivity contribution in [1.82, 2.24) is 16.0 Å². The molecule has 9 heteroatoms. The molecule has 1 heterocycles. The first-order valence-corrected chi connectivity index (χ1v) is 9.16. The van der Waals surface area contributed by atoms with E-state index in [0.717, 1.165) is 12.5 Å². The average Bonchev–Trinajstić information content (AvgIpc) is 3.04. The SMILES string of the molecule is CN=C(NCCNC(=O)C(C)(C)C)NC1CCN(c2ccc(F)cc2F)C1.I. The van der Waals surface area contributed by atoms with Crippen LogP contribution in [0.2, 0.25) is 0 Å². The van der Waals surface area contributed by atoms with E-state index in [-0.39, 0.29) is 35.9 Å². The Kier molecular flexibility index (Phi) is 9.38. The summed E-state index contributed by atoms with van der Waals surface area (Å²) < 4.78 is 27.0. The number of carbonyl (C=O) groups is 1. The average molecular weight is 509 g/mol. The third-order valence-corrected chi connectivity index (χ3v) is 4.39. The molecule has 1 aromatic carbocycles. The molecule has 2 rings (SSSR count). The number of halogens is 3. The second kappa shape index (κ2) is 10.8. The second-order valence-electron chi connectivity index (χ2n) is 7.68. The molecule has 0 aliphatic carbocycles. The fourth-order valence-corrected chi connectivity index (χ4v) is 2.84. The molecular formula is C19H30F2IN5O. The van der Waals surface area contributed by atoms with Gasteiger partial charge >= 0.3 is 0 Å². The van der Waals surface area contributed by atoms with Crippen LogP contribution in [0.4, 0.5) is 14.5 Å². The van der Waals surface area contributed by atoms with Gasteiger partial charge in [-0.15, -0.1) is 24.0 Å². The number of guanidine groups is 1. The lowest BCUT2D eigenvalue weighted by molar-refractivity contribution is -0.128. The summed E-state index contributed by atoms with van der Waals surface area (Å²) in [6, 6.07) is 3.75. The smallest absolute Gasteiger partial charge is 0.225 e.